The molecule has 0 aromatic heterocycles. The van der Waals surface area contributed by atoms with Crippen molar-refractivity contribution < 1.29 is 9.59 Å². The van der Waals surface area contributed by atoms with Gasteiger partial charge in [-0.05, 0) is 60.9 Å². The first-order chi connectivity index (χ1) is 17.5. The van der Waals surface area contributed by atoms with Crippen LogP contribution >= 0.6 is 0 Å². The topological polar surface area (TPSA) is 61.8 Å². The Morgan fingerprint density at radius 2 is 1.39 bits per heavy atom. The number of anilines is 2. The minimum absolute atomic E-state index is 0.201. The van der Waals surface area contributed by atoms with E-state index in [4.69, 9.17) is 4.99 Å². The van der Waals surface area contributed by atoms with Gasteiger partial charge >= 0.3 is 0 Å². The molecule has 36 heavy (non-hydrogen) atoms. The highest BCUT2D eigenvalue weighted by Gasteiger charge is 2.32. The Hall–Kier alpha value is -4.77. The molecule has 0 aliphatic carbocycles. The fourth-order valence-electron chi connectivity index (χ4n) is 4.20. The number of hydrogen-bond donors (Lipinski definition) is 1. The van der Waals surface area contributed by atoms with E-state index in [0.29, 0.717) is 22.8 Å². The van der Waals surface area contributed by atoms with E-state index in [1.807, 2.05) is 92.7 Å². The van der Waals surface area contributed by atoms with E-state index in [1.165, 1.54) is 0 Å². The van der Waals surface area contributed by atoms with Gasteiger partial charge in [-0.3, -0.25) is 14.5 Å². The van der Waals surface area contributed by atoms with E-state index in [2.05, 4.69) is 5.32 Å². The predicted octanol–water partition coefficient (Wildman–Crippen LogP) is 6.39. The Morgan fingerprint density at radius 1 is 0.778 bits per heavy atom. The molecule has 0 radical (unpaired) electrons. The van der Waals surface area contributed by atoms with Crippen LogP contribution in [-0.2, 0) is 4.79 Å². The molecule has 1 aliphatic rings. The summed E-state index contributed by atoms with van der Waals surface area (Å²) in [5, 5.41) is 3.01. The molecule has 0 fully saturated rings. The largest absolute Gasteiger partial charge is 0.322 e. The average Bonchev–Trinajstić information content (AvgIpc) is 3.23. The summed E-state index contributed by atoms with van der Waals surface area (Å²) >= 11 is 0. The van der Waals surface area contributed by atoms with Crippen molar-refractivity contribution in [1.29, 1.82) is 0 Å². The smallest absolute Gasteiger partial charge is 0.282 e. The number of aliphatic imine (C=N–C) groups is 1. The van der Waals surface area contributed by atoms with Crippen molar-refractivity contribution in [2.24, 2.45) is 4.99 Å². The van der Waals surface area contributed by atoms with Crippen LogP contribution in [0.1, 0.15) is 32.6 Å². The highest BCUT2D eigenvalue weighted by atomic mass is 16.2. The number of amidine groups is 1. The van der Waals surface area contributed by atoms with Gasteiger partial charge in [0.2, 0.25) is 0 Å². The molecule has 0 bridgehead atoms. The number of nitrogens with zero attached hydrogens (tertiary/aromatic N) is 2. The van der Waals surface area contributed by atoms with Gasteiger partial charge in [0, 0.05) is 16.8 Å². The molecule has 2 amide bonds. The SMILES string of the molecule is Cc1cccc(C)c1NC(=O)c1ccc(N2C(=O)C(=Cc3ccccc3)N=C2c2ccccc2)cc1. The maximum Gasteiger partial charge on any atom is 0.282 e. The van der Waals surface area contributed by atoms with Gasteiger partial charge in [-0.25, -0.2) is 4.99 Å². The molecule has 5 nitrogen and oxygen atoms in total. The maximum atomic E-state index is 13.5. The zero-order chi connectivity index (χ0) is 25.1. The molecular formula is C31H25N3O2. The van der Waals surface area contributed by atoms with Crippen molar-refractivity contribution in [3.63, 3.8) is 0 Å². The monoisotopic (exact) mass is 471 g/mol. The van der Waals surface area contributed by atoms with Gasteiger partial charge in [0.15, 0.2) is 0 Å². The summed E-state index contributed by atoms with van der Waals surface area (Å²) < 4.78 is 0. The molecule has 4 aromatic rings. The van der Waals surface area contributed by atoms with E-state index in [-0.39, 0.29) is 11.8 Å². The number of aryl methyl sites for hydroxylation is 2. The molecule has 1 heterocycles. The first-order valence-corrected chi connectivity index (χ1v) is 11.7. The van der Waals surface area contributed by atoms with Crippen LogP contribution in [-0.4, -0.2) is 17.6 Å². The zero-order valence-electron chi connectivity index (χ0n) is 20.1. The van der Waals surface area contributed by atoms with Crippen LogP contribution in [0.5, 0.6) is 0 Å². The Bertz CT molecular complexity index is 1470. The van der Waals surface area contributed by atoms with Crippen molar-refractivity contribution in [2.45, 2.75) is 13.8 Å². The number of carbonyl (C=O) groups excluding carboxylic acids is 2. The van der Waals surface area contributed by atoms with Gasteiger partial charge in [0.1, 0.15) is 11.5 Å². The molecule has 5 heteroatoms. The van der Waals surface area contributed by atoms with E-state index in [0.717, 1.165) is 27.9 Å². The maximum absolute atomic E-state index is 13.5. The van der Waals surface area contributed by atoms with Gasteiger partial charge in [-0.15, -0.1) is 0 Å². The second-order valence-corrected chi connectivity index (χ2v) is 8.65. The van der Waals surface area contributed by atoms with Gasteiger partial charge in [0.05, 0.1) is 5.69 Å². The molecule has 0 unspecified atom stereocenters. The Balaban J connectivity index is 1.46. The number of hydrogen-bond acceptors (Lipinski definition) is 3. The number of rotatable bonds is 5. The normalized spacial score (nSPS) is 14.2. The Kier molecular flexibility index (Phi) is 6.29. The summed E-state index contributed by atoms with van der Waals surface area (Å²) in [6, 6.07) is 32.2. The molecule has 0 spiro atoms. The quantitative estimate of drug-likeness (QED) is 0.343. The summed E-state index contributed by atoms with van der Waals surface area (Å²) in [6.45, 7) is 3.94. The number of para-hydroxylation sites is 1. The van der Waals surface area contributed by atoms with Crippen molar-refractivity contribution in [3.8, 4) is 0 Å². The highest BCUT2D eigenvalue weighted by Crippen LogP contribution is 2.28. The average molecular weight is 472 g/mol. The number of benzene rings is 4. The van der Waals surface area contributed by atoms with E-state index in [1.54, 1.807) is 35.2 Å². The van der Waals surface area contributed by atoms with Crippen LogP contribution in [0.25, 0.3) is 6.08 Å². The van der Waals surface area contributed by atoms with E-state index < -0.39 is 0 Å². The number of nitrogens with one attached hydrogen (secondary N) is 1. The summed E-state index contributed by atoms with van der Waals surface area (Å²) in [5.41, 5.74) is 6.06. The van der Waals surface area contributed by atoms with Crippen molar-refractivity contribution in [1.82, 2.24) is 0 Å². The Labute approximate surface area is 210 Å². The van der Waals surface area contributed by atoms with Crippen molar-refractivity contribution in [2.75, 3.05) is 10.2 Å². The number of amides is 2. The van der Waals surface area contributed by atoms with Crippen molar-refractivity contribution in [3.05, 3.63) is 137 Å². The third-order valence-electron chi connectivity index (χ3n) is 6.10. The van der Waals surface area contributed by atoms with Crippen LogP contribution in [0.3, 0.4) is 0 Å². The molecule has 0 atom stereocenters. The fourth-order valence-corrected chi connectivity index (χ4v) is 4.20. The lowest BCUT2D eigenvalue weighted by atomic mass is 10.1. The lowest BCUT2D eigenvalue weighted by Gasteiger charge is -2.19. The third kappa shape index (κ3) is 4.59. The first-order valence-electron chi connectivity index (χ1n) is 11.7. The minimum atomic E-state index is -0.217. The van der Waals surface area contributed by atoms with Crippen LogP contribution < -0.4 is 10.2 Å². The predicted molar refractivity (Wildman–Crippen MR) is 145 cm³/mol. The number of carbonyl (C=O) groups is 2. The van der Waals surface area contributed by atoms with E-state index in [9.17, 15) is 9.59 Å². The van der Waals surface area contributed by atoms with Crippen LogP contribution in [0.15, 0.2) is 114 Å². The fraction of sp³-hybridized carbons (Fsp3) is 0.0645. The van der Waals surface area contributed by atoms with Crippen LogP contribution in [0, 0.1) is 13.8 Å². The Morgan fingerprint density at radius 3 is 2.03 bits per heavy atom. The van der Waals surface area contributed by atoms with Gasteiger partial charge in [-0.1, -0.05) is 78.9 Å². The van der Waals surface area contributed by atoms with Gasteiger partial charge in [-0.2, -0.15) is 0 Å². The second-order valence-electron chi connectivity index (χ2n) is 8.65. The van der Waals surface area contributed by atoms with Crippen LogP contribution in [0.2, 0.25) is 0 Å². The molecular weight excluding hydrogens is 446 g/mol. The summed E-state index contributed by atoms with van der Waals surface area (Å²) in [7, 11) is 0. The lowest BCUT2D eigenvalue weighted by molar-refractivity contribution is -0.113. The molecule has 1 N–H and O–H groups in total. The van der Waals surface area contributed by atoms with Crippen molar-refractivity contribution >= 4 is 35.1 Å². The molecule has 5 rings (SSSR count). The summed E-state index contributed by atoms with van der Waals surface area (Å²) in [4.78, 5) is 32.7. The highest BCUT2D eigenvalue weighted by molar-refractivity contribution is 6.33. The zero-order valence-corrected chi connectivity index (χ0v) is 20.1. The minimum Gasteiger partial charge on any atom is -0.322 e. The molecule has 1 aliphatic heterocycles. The standard InChI is InChI=1S/C31H25N3O2/c1-21-10-9-11-22(2)28(21)33-30(35)25-16-18-26(19-17-25)34-29(24-14-7-4-8-15-24)32-27(31(34)36)20-23-12-5-3-6-13-23/h3-20H,1-2H3,(H,33,35). The molecule has 0 saturated carbocycles. The third-order valence-corrected chi connectivity index (χ3v) is 6.10. The summed E-state index contributed by atoms with van der Waals surface area (Å²) in [6.07, 6.45) is 1.79. The molecule has 4 aromatic carbocycles. The van der Waals surface area contributed by atoms with Gasteiger partial charge in [0.25, 0.3) is 11.8 Å². The molecule has 0 saturated heterocycles. The molecule has 176 valence electrons. The van der Waals surface area contributed by atoms with E-state index >= 15 is 0 Å². The second kappa shape index (κ2) is 9.84. The van der Waals surface area contributed by atoms with Gasteiger partial charge < -0.3 is 5.32 Å². The first kappa shape index (κ1) is 23.0. The summed E-state index contributed by atoms with van der Waals surface area (Å²) in [5.74, 6) is 0.134. The lowest BCUT2D eigenvalue weighted by Crippen LogP contribution is -2.32. The van der Waals surface area contributed by atoms with Crippen LogP contribution in [0.4, 0.5) is 11.4 Å².